The zero-order valence-electron chi connectivity index (χ0n) is 21.7. The van der Waals surface area contributed by atoms with Gasteiger partial charge in [-0.3, -0.25) is 14.0 Å². The van der Waals surface area contributed by atoms with E-state index in [0.717, 1.165) is 0 Å². The van der Waals surface area contributed by atoms with Crippen LogP contribution in [0.15, 0.2) is 60.8 Å². The number of hydrogen-bond acceptors (Lipinski definition) is 7. The number of rotatable bonds is 14. The van der Waals surface area contributed by atoms with E-state index in [1.54, 1.807) is 33.8 Å². The Morgan fingerprint density at radius 1 is 1.05 bits per heavy atom. The van der Waals surface area contributed by atoms with E-state index >= 15 is 0 Å². The number of aromatic nitrogens is 2. The molecule has 0 saturated carbocycles. The molecule has 206 valence electrons. The summed E-state index contributed by atoms with van der Waals surface area (Å²) in [5.41, 5.74) is -0.0635. The lowest BCUT2D eigenvalue weighted by molar-refractivity contribution is -0.0467. The van der Waals surface area contributed by atoms with Gasteiger partial charge in [0.1, 0.15) is 17.8 Å². The molecule has 0 fully saturated rings. The molecular formula is C26H32F2N3O6P. The third kappa shape index (κ3) is 8.37. The second-order valence-electron chi connectivity index (χ2n) is 8.50. The number of carbonyl (C=O) groups excluding carboxylic acids is 1. The normalized spacial score (nSPS) is 12.0. The molecule has 12 heteroatoms. The third-order valence-corrected chi connectivity index (χ3v) is 6.92. The summed E-state index contributed by atoms with van der Waals surface area (Å²) in [6, 6.07) is 13.1. The Morgan fingerprint density at radius 2 is 1.71 bits per heavy atom. The number of alkyl halides is 2. The van der Waals surface area contributed by atoms with Gasteiger partial charge in [0.25, 0.3) is 5.91 Å². The van der Waals surface area contributed by atoms with Crippen LogP contribution in [0.4, 0.5) is 14.6 Å². The van der Waals surface area contributed by atoms with E-state index in [1.165, 1.54) is 59.4 Å². The first-order chi connectivity index (χ1) is 18.0. The Bertz CT molecular complexity index is 1240. The van der Waals surface area contributed by atoms with Crippen LogP contribution in [-0.4, -0.2) is 41.6 Å². The quantitative estimate of drug-likeness (QED) is 0.234. The van der Waals surface area contributed by atoms with Crippen LogP contribution in [0.2, 0.25) is 0 Å². The molecule has 38 heavy (non-hydrogen) atoms. The number of hydrogen-bond donors (Lipinski definition) is 1. The summed E-state index contributed by atoms with van der Waals surface area (Å²) in [5, 5.41) is 6.84. The van der Waals surface area contributed by atoms with Crippen molar-refractivity contribution in [2.75, 3.05) is 25.1 Å². The van der Waals surface area contributed by atoms with Gasteiger partial charge in [0.15, 0.2) is 12.4 Å². The lowest BCUT2D eigenvalue weighted by atomic mass is 10.1. The van der Waals surface area contributed by atoms with Crippen LogP contribution < -0.4 is 14.8 Å². The fourth-order valence-electron chi connectivity index (χ4n) is 3.45. The van der Waals surface area contributed by atoms with Gasteiger partial charge in [0.05, 0.1) is 19.3 Å². The predicted molar refractivity (Wildman–Crippen MR) is 139 cm³/mol. The first kappa shape index (κ1) is 29.3. The second kappa shape index (κ2) is 13.0. The molecule has 0 radical (unpaired) electrons. The van der Waals surface area contributed by atoms with Crippen molar-refractivity contribution in [2.24, 2.45) is 0 Å². The Balaban J connectivity index is 1.76. The van der Waals surface area contributed by atoms with E-state index in [0.29, 0.717) is 0 Å². The molecule has 0 aliphatic rings. The number of carbonyl (C=O) groups is 1. The second-order valence-corrected chi connectivity index (χ2v) is 10.5. The number of ether oxygens (including phenoxy) is 2. The summed E-state index contributed by atoms with van der Waals surface area (Å²) in [6.45, 7) is 6.50. The topological polar surface area (TPSA) is 101 Å². The summed E-state index contributed by atoms with van der Waals surface area (Å²) in [4.78, 5) is 13.0. The first-order valence-corrected chi connectivity index (χ1v) is 13.9. The maximum atomic E-state index is 14.6. The van der Waals surface area contributed by atoms with Gasteiger partial charge in [0, 0.05) is 29.5 Å². The lowest BCUT2D eigenvalue weighted by Crippen LogP contribution is -2.23. The van der Waals surface area contributed by atoms with Gasteiger partial charge in [-0.05, 0) is 39.8 Å². The van der Waals surface area contributed by atoms with Gasteiger partial charge in [-0.25, -0.2) is 0 Å². The molecule has 0 bridgehead atoms. The smallest absolute Gasteiger partial charge is 0.351 e. The number of nitrogens with zero attached hydrogens (tertiary/aromatic N) is 2. The highest BCUT2D eigenvalue weighted by Gasteiger charge is 2.32. The summed E-state index contributed by atoms with van der Waals surface area (Å²) < 4.78 is 65.0. The fraction of sp³-hybridized carbons (Fsp3) is 0.385. The number of halogens is 2. The average molecular weight is 552 g/mol. The van der Waals surface area contributed by atoms with Crippen molar-refractivity contribution in [1.29, 1.82) is 0 Å². The van der Waals surface area contributed by atoms with Crippen molar-refractivity contribution >= 4 is 19.3 Å². The number of anilines is 1. The van der Waals surface area contributed by atoms with Gasteiger partial charge in [-0.1, -0.05) is 30.3 Å². The van der Waals surface area contributed by atoms with Crippen LogP contribution >= 0.6 is 7.60 Å². The van der Waals surface area contributed by atoms with Crippen molar-refractivity contribution in [3.8, 4) is 11.5 Å². The van der Waals surface area contributed by atoms with E-state index in [-0.39, 0.29) is 54.0 Å². The van der Waals surface area contributed by atoms with Crippen molar-refractivity contribution < 1.29 is 36.7 Å². The molecule has 1 amide bonds. The molecule has 1 N–H and O–H groups in total. The minimum absolute atomic E-state index is 0.0452. The maximum absolute atomic E-state index is 14.6. The van der Waals surface area contributed by atoms with Crippen molar-refractivity contribution in [2.45, 2.75) is 46.0 Å². The molecule has 1 heterocycles. The molecule has 3 aromatic rings. The van der Waals surface area contributed by atoms with Crippen LogP contribution in [0.5, 0.6) is 11.5 Å². The van der Waals surface area contributed by atoms with E-state index in [9.17, 15) is 18.1 Å². The molecular weight excluding hydrogens is 519 g/mol. The zero-order chi connectivity index (χ0) is 27.8. The Hall–Kier alpha value is -3.27. The van der Waals surface area contributed by atoms with Gasteiger partial charge in [-0.15, -0.1) is 0 Å². The van der Waals surface area contributed by atoms with Crippen LogP contribution in [0.3, 0.4) is 0 Å². The van der Waals surface area contributed by atoms with E-state index in [1.807, 2.05) is 0 Å². The van der Waals surface area contributed by atoms with Gasteiger partial charge in [0.2, 0.25) is 0 Å². The van der Waals surface area contributed by atoms with E-state index < -0.39 is 26.0 Å². The summed E-state index contributed by atoms with van der Waals surface area (Å²) in [6.07, 6.45) is 1.17. The average Bonchev–Trinajstić information content (AvgIpc) is 3.29. The van der Waals surface area contributed by atoms with Crippen molar-refractivity contribution in [1.82, 2.24) is 9.78 Å². The highest BCUT2D eigenvalue weighted by Crippen LogP contribution is 2.49. The highest BCUT2D eigenvalue weighted by atomic mass is 31.2. The SMILES string of the molecule is CCOP(=O)(Cn1ccc(NC(=O)c2cc(OCC(F)(F)c3ccccc3)cc(OC(C)C)c2)n1)OCC. The molecule has 2 aromatic carbocycles. The minimum Gasteiger partial charge on any atom is -0.491 e. The minimum atomic E-state index is -3.40. The Labute approximate surface area is 220 Å². The van der Waals surface area contributed by atoms with Crippen LogP contribution in [0.25, 0.3) is 0 Å². The fourth-order valence-corrected chi connectivity index (χ4v) is 4.99. The molecule has 1 aromatic heterocycles. The molecule has 0 spiro atoms. The number of benzene rings is 2. The predicted octanol–water partition coefficient (Wildman–Crippen LogP) is 6.32. The number of amides is 1. The zero-order valence-corrected chi connectivity index (χ0v) is 22.6. The van der Waals surface area contributed by atoms with E-state index in [4.69, 9.17) is 18.5 Å². The summed E-state index contributed by atoms with van der Waals surface area (Å²) in [7, 11) is -3.40. The van der Waals surface area contributed by atoms with Crippen molar-refractivity contribution in [3.05, 3.63) is 71.9 Å². The first-order valence-electron chi connectivity index (χ1n) is 12.1. The molecule has 0 aliphatic carbocycles. The third-order valence-electron chi connectivity index (χ3n) is 4.98. The maximum Gasteiger partial charge on any atom is 0.351 e. The Morgan fingerprint density at radius 3 is 2.34 bits per heavy atom. The largest absolute Gasteiger partial charge is 0.491 e. The Kier molecular flexibility index (Phi) is 10.0. The standard InChI is InChI=1S/C26H32F2N3O6P/c1-5-35-38(33,36-6-2)18-31-13-12-24(30-31)29-25(32)20-14-22(16-23(15-20)37-19(3)4)34-17-26(27,28)21-10-8-7-9-11-21/h7-16,19H,5-6,17-18H2,1-4H3,(H,29,30,32). The molecule has 0 aliphatic heterocycles. The molecule has 3 rings (SSSR count). The highest BCUT2D eigenvalue weighted by molar-refractivity contribution is 7.52. The molecule has 9 nitrogen and oxygen atoms in total. The summed E-state index contributed by atoms with van der Waals surface area (Å²) in [5.74, 6) is -3.30. The van der Waals surface area contributed by atoms with Crippen LogP contribution in [0, 0.1) is 0 Å². The van der Waals surface area contributed by atoms with Gasteiger partial charge in [-0.2, -0.15) is 13.9 Å². The molecule has 0 saturated heterocycles. The number of nitrogens with one attached hydrogen (secondary N) is 1. The van der Waals surface area contributed by atoms with Crippen LogP contribution in [0.1, 0.15) is 43.6 Å². The van der Waals surface area contributed by atoms with Crippen LogP contribution in [-0.2, 0) is 25.8 Å². The summed E-state index contributed by atoms with van der Waals surface area (Å²) >= 11 is 0. The van der Waals surface area contributed by atoms with Gasteiger partial charge >= 0.3 is 13.5 Å². The van der Waals surface area contributed by atoms with Crippen molar-refractivity contribution in [3.63, 3.8) is 0 Å². The van der Waals surface area contributed by atoms with Gasteiger partial charge < -0.3 is 23.8 Å². The monoisotopic (exact) mass is 551 g/mol. The molecule has 0 unspecified atom stereocenters. The van der Waals surface area contributed by atoms with E-state index in [2.05, 4.69) is 10.4 Å². The lowest BCUT2D eigenvalue weighted by Gasteiger charge is -2.19. The molecule has 0 atom stereocenters.